The summed E-state index contributed by atoms with van der Waals surface area (Å²) in [4.78, 5) is 2.36. The first kappa shape index (κ1) is 25.9. The molecule has 45 heavy (non-hydrogen) atoms. The van der Waals surface area contributed by atoms with Crippen molar-refractivity contribution >= 4 is 49.8 Å². The Morgan fingerprint density at radius 3 is 1.96 bits per heavy atom. The van der Waals surface area contributed by atoms with E-state index in [1.54, 1.807) is 0 Å². The molecule has 0 amide bonds. The summed E-state index contributed by atoms with van der Waals surface area (Å²) in [6, 6.07) is 54.7. The van der Waals surface area contributed by atoms with Gasteiger partial charge in [0.15, 0.2) is 0 Å². The van der Waals surface area contributed by atoms with Gasteiger partial charge in [-0.3, -0.25) is 0 Å². The SMILES string of the molecule is CC1(C)c2ccccc2-c2cc(N(c3cccc(-c4ccccc4)c3)c3ccc4c(c3)oc3cc5ccccc5cc34)ccc21. The number of benzene rings is 7. The van der Waals surface area contributed by atoms with E-state index in [9.17, 15) is 0 Å². The van der Waals surface area contributed by atoms with Crippen molar-refractivity contribution in [3.05, 3.63) is 163 Å². The van der Waals surface area contributed by atoms with Gasteiger partial charge in [0.25, 0.3) is 0 Å². The van der Waals surface area contributed by atoms with Crippen LogP contribution in [0.1, 0.15) is 25.0 Å². The molecule has 1 aliphatic carbocycles. The van der Waals surface area contributed by atoms with Crippen molar-refractivity contribution in [2.45, 2.75) is 19.3 Å². The molecule has 2 nitrogen and oxygen atoms in total. The third-order valence-corrected chi connectivity index (χ3v) is 9.62. The second-order valence-electron chi connectivity index (χ2n) is 12.6. The lowest BCUT2D eigenvalue weighted by molar-refractivity contribution is 0.660. The second kappa shape index (κ2) is 9.70. The zero-order valence-electron chi connectivity index (χ0n) is 25.3. The summed E-state index contributed by atoms with van der Waals surface area (Å²) in [5.74, 6) is 0. The molecule has 7 aromatic carbocycles. The highest BCUT2D eigenvalue weighted by Gasteiger charge is 2.35. The first-order valence-electron chi connectivity index (χ1n) is 15.6. The smallest absolute Gasteiger partial charge is 0.137 e. The van der Waals surface area contributed by atoms with Crippen LogP contribution in [-0.4, -0.2) is 0 Å². The zero-order chi connectivity index (χ0) is 30.1. The maximum atomic E-state index is 6.54. The molecule has 0 saturated carbocycles. The Labute approximate surface area is 262 Å². The molecule has 9 rings (SSSR count). The van der Waals surface area contributed by atoms with Gasteiger partial charge in [-0.25, -0.2) is 0 Å². The molecule has 0 aliphatic heterocycles. The molecule has 0 saturated heterocycles. The molecule has 0 atom stereocenters. The fourth-order valence-corrected chi connectivity index (χ4v) is 7.34. The third-order valence-electron chi connectivity index (χ3n) is 9.62. The van der Waals surface area contributed by atoms with E-state index in [-0.39, 0.29) is 5.41 Å². The molecule has 0 unspecified atom stereocenters. The van der Waals surface area contributed by atoms with Crippen molar-refractivity contribution in [2.75, 3.05) is 4.90 Å². The molecular weight excluding hydrogens is 546 g/mol. The van der Waals surface area contributed by atoms with Crippen LogP contribution in [0.15, 0.2) is 156 Å². The van der Waals surface area contributed by atoms with E-state index < -0.39 is 0 Å². The van der Waals surface area contributed by atoms with Gasteiger partial charge in [-0.05, 0) is 92.7 Å². The Morgan fingerprint density at radius 2 is 1.09 bits per heavy atom. The molecule has 0 N–H and O–H groups in total. The van der Waals surface area contributed by atoms with Crippen LogP contribution in [0.5, 0.6) is 0 Å². The van der Waals surface area contributed by atoms with Crippen molar-refractivity contribution in [1.82, 2.24) is 0 Å². The van der Waals surface area contributed by atoms with Crippen LogP contribution in [0.2, 0.25) is 0 Å². The van der Waals surface area contributed by atoms with Gasteiger partial charge < -0.3 is 9.32 Å². The molecular formula is C43H31NO. The number of rotatable bonds is 4. The Bertz CT molecular complexity index is 2410. The van der Waals surface area contributed by atoms with Gasteiger partial charge in [0.05, 0.1) is 0 Å². The Balaban J connectivity index is 1.25. The average Bonchev–Trinajstić information content (AvgIpc) is 3.55. The Hall–Kier alpha value is -5.60. The highest BCUT2D eigenvalue weighted by molar-refractivity contribution is 6.11. The van der Waals surface area contributed by atoms with Gasteiger partial charge in [0.2, 0.25) is 0 Å². The molecule has 1 aromatic heterocycles. The maximum absolute atomic E-state index is 6.54. The Morgan fingerprint density at radius 1 is 0.444 bits per heavy atom. The number of nitrogens with zero attached hydrogens (tertiary/aromatic N) is 1. The molecule has 0 radical (unpaired) electrons. The van der Waals surface area contributed by atoms with Gasteiger partial charge in [-0.1, -0.05) is 111 Å². The van der Waals surface area contributed by atoms with Crippen LogP contribution < -0.4 is 4.90 Å². The van der Waals surface area contributed by atoms with Crippen LogP contribution in [0.25, 0.3) is 55.0 Å². The quantitative estimate of drug-likeness (QED) is 0.207. The standard InChI is InChI=1S/C43H31NO/c1-43(2)39-18-9-8-17-35(39)37-26-33(20-22-40(37)43)44(32-16-10-15-29(23-32)28-11-4-3-5-12-28)34-19-21-36-38-24-30-13-6-7-14-31(30)25-41(38)45-42(36)27-34/h3-27H,1-2H3. The number of furan rings is 1. The van der Waals surface area contributed by atoms with E-state index in [1.807, 2.05) is 0 Å². The average molecular weight is 578 g/mol. The second-order valence-corrected chi connectivity index (χ2v) is 12.6. The molecule has 214 valence electrons. The van der Waals surface area contributed by atoms with Crippen molar-refractivity contribution in [3.63, 3.8) is 0 Å². The van der Waals surface area contributed by atoms with Crippen molar-refractivity contribution < 1.29 is 4.42 Å². The highest BCUT2D eigenvalue weighted by Crippen LogP contribution is 2.51. The maximum Gasteiger partial charge on any atom is 0.137 e. The van der Waals surface area contributed by atoms with Gasteiger partial charge in [-0.2, -0.15) is 0 Å². The number of hydrogen-bond acceptors (Lipinski definition) is 2. The van der Waals surface area contributed by atoms with E-state index >= 15 is 0 Å². The first-order valence-corrected chi connectivity index (χ1v) is 15.6. The minimum Gasteiger partial charge on any atom is -0.456 e. The minimum atomic E-state index is -0.0424. The number of fused-ring (bicyclic) bond motifs is 7. The van der Waals surface area contributed by atoms with Crippen LogP contribution in [0, 0.1) is 0 Å². The molecule has 1 heterocycles. The van der Waals surface area contributed by atoms with E-state index in [4.69, 9.17) is 4.42 Å². The third kappa shape index (κ3) is 4.03. The first-order chi connectivity index (χ1) is 22.0. The van der Waals surface area contributed by atoms with Crippen molar-refractivity contribution in [3.8, 4) is 22.3 Å². The normalized spacial score (nSPS) is 13.3. The minimum absolute atomic E-state index is 0.0424. The van der Waals surface area contributed by atoms with Crippen LogP contribution in [0.3, 0.4) is 0 Å². The fourth-order valence-electron chi connectivity index (χ4n) is 7.34. The van der Waals surface area contributed by atoms with Gasteiger partial charge in [-0.15, -0.1) is 0 Å². The molecule has 8 aromatic rings. The fraction of sp³-hybridized carbons (Fsp3) is 0.0698. The summed E-state index contributed by atoms with van der Waals surface area (Å²) >= 11 is 0. The van der Waals surface area contributed by atoms with Crippen molar-refractivity contribution in [2.24, 2.45) is 0 Å². The van der Waals surface area contributed by atoms with Gasteiger partial charge >= 0.3 is 0 Å². The molecule has 0 bridgehead atoms. The monoisotopic (exact) mass is 577 g/mol. The highest BCUT2D eigenvalue weighted by atomic mass is 16.3. The van der Waals surface area contributed by atoms with Gasteiger partial charge in [0, 0.05) is 39.3 Å². The topological polar surface area (TPSA) is 16.4 Å². The van der Waals surface area contributed by atoms with E-state index in [0.29, 0.717) is 0 Å². The number of anilines is 3. The van der Waals surface area contributed by atoms with Gasteiger partial charge in [0.1, 0.15) is 11.2 Å². The zero-order valence-corrected chi connectivity index (χ0v) is 25.3. The lowest BCUT2D eigenvalue weighted by atomic mass is 9.82. The molecule has 1 aliphatic rings. The summed E-state index contributed by atoms with van der Waals surface area (Å²) in [5.41, 5.74) is 12.8. The van der Waals surface area contributed by atoms with Crippen LogP contribution in [-0.2, 0) is 5.41 Å². The number of hydrogen-bond donors (Lipinski definition) is 0. The predicted molar refractivity (Wildman–Crippen MR) is 189 cm³/mol. The summed E-state index contributed by atoms with van der Waals surface area (Å²) < 4.78 is 6.54. The lowest BCUT2D eigenvalue weighted by Gasteiger charge is -2.27. The van der Waals surface area contributed by atoms with E-state index in [2.05, 4.69) is 170 Å². The van der Waals surface area contributed by atoms with E-state index in [0.717, 1.165) is 39.0 Å². The molecule has 2 heteroatoms. The molecule has 0 spiro atoms. The van der Waals surface area contributed by atoms with E-state index in [1.165, 1.54) is 44.2 Å². The summed E-state index contributed by atoms with van der Waals surface area (Å²) in [5, 5.41) is 4.67. The van der Waals surface area contributed by atoms with Crippen LogP contribution in [0.4, 0.5) is 17.1 Å². The predicted octanol–water partition coefficient (Wildman–Crippen LogP) is 12.2. The Kier molecular flexibility index (Phi) is 5.58. The van der Waals surface area contributed by atoms with Crippen molar-refractivity contribution in [1.29, 1.82) is 0 Å². The summed E-state index contributed by atoms with van der Waals surface area (Å²) in [7, 11) is 0. The summed E-state index contributed by atoms with van der Waals surface area (Å²) in [6.45, 7) is 4.66. The lowest BCUT2D eigenvalue weighted by Crippen LogP contribution is -2.15. The summed E-state index contributed by atoms with van der Waals surface area (Å²) in [6.07, 6.45) is 0. The largest absolute Gasteiger partial charge is 0.456 e. The molecule has 0 fully saturated rings. The van der Waals surface area contributed by atoms with Crippen LogP contribution >= 0.6 is 0 Å².